The zero-order valence-corrected chi connectivity index (χ0v) is 12.5. The number of anilines is 2. The van der Waals surface area contributed by atoms with Crippen LogP contribution in [0.1, 0.15) is 25.2 Å². The molecule has 19 heavy (non-hydrogen) atoms. The van der Waals surface area contributed by atoms with Crippen molar-refractivity contribution in [1.82, 2.24) is 14.9 Å². The Bertz CT molecular complexity index is 436. The molecule has 0 atom stereocenters. The average molecular weight is 263 g/mol. The molecule has 1 fully saturated rings. The quantitative estimate of drug-likeness (QED) is 0.894. The van der Waals surface area contributed by atoms with Crippen LogP contribution in [0.5, 0.6) is 0 Å². The van der Waals surface area contributed by atoms with Crippen molar-refractivity contribution >= 4 is 11.6 Å². The first kappa shape index (κ1) is 14.1. The number of piperazine rings is 1. The first-order valence-corrected chi connectivity index (χ1v) is 7.05. The fourth-order valence-corrected chi connectivity index (χ4v) is 2.60. The third-order valence-electron chi connectivity index (χ3n) is 3.56. The molecule has 0 aromatic carbocycles. The fourth-order valence-electron chi connectivity index (χ4n) is 2.60. The minimum Gasteiger partial charge on any atom is -0.383 e. The fraction of sp³-hybridized carbons (Fsp3) is 0.714. The molecule has 106 valence electrons. The smallest absolute Gasteiger partial charge is 0.137 e. The Hall–Kier alpha value is -1.36. The summed E-state index contributed by atoms with van der Waals surface area (Å²) in [6.45, 7) is 13.8. The first-order valence-electron chi connectivity index (χ1n) is 7.05. The van der Waals surface area contributed by atoms with Crippen molar-refractivity contribution in [3.05, 3.63) is 11.4 Å². The summed E-state index contributed by atoms with van der Waals surface area (Å²) in [5.41, 5.74) is 6.94. The van der Waals surface area contributed by atoms with E-state index in [1.54, 1.807) is 0 Å². The molecule has 5 heteroatoms. The molecule has 0 amide bonds. The minimum atomic E-state index is 0.604. The molecule has 0 bridgehead atoms. The summed E-state index contributed by atoms with van der Waals surface area (Å²) in [6, 6.07) is 0. The lowest BCUT2D eigenvalue weighted by atomic mass is 10.2. The van der Waals surface area contributed by atoms with Crippen molar-refractivity contribution < 1.29 is 0 Å². The molecule has 0 spiro atoms. The summed E-state index contributed by atoms with van der Waals surface area (Å²) in [6.07, 6.45) is 0. The SMILES string of the molecule is Cc1nc(N)c(C)c(N2CCN(CC(C)C)CC2)n1. The maximum absolute atomic E-state index is 5.93. The average Bonchev–Trinajstić information content (AvgIpc) is 2.34. The number of nitrogen functional groups attached to an aromatic ring is 1. The van der Waals surface area contributed by atoms with Gasteiger partial charge in [-0.15, -0.1) is 0 Å². The Morgan fingerprint density at radius 2 is 1.74 bits per heavy atom. The summed E-state index contributed by atoms with van der Waals surface area (Å²) < 4.78 is 0. The van der Waals surface area contributed by atoms with Gasteiger partial charge in [0.15, 0.2) is 0 Å². The summed E-state index contributed by atoms with van der Waals surface area (Å²) in [5.74, 6) is 3.09. The number of hydrogen-bond donors (Lipinski definition) is 1. The van der Waals surface area contributed by atoms with Gasteiger partial charge < -0.3 is 10.6 Å². The molecule has 1 aliphatic rings. The predicted octanol–water partition coefficient (Wildman–Crippen LogP) is 1.45. The molecule has 1 aromatic rings. The molecule has 1 aromatic heterocycles. The Morgan fingerprint density at radius 3 is 2.32 bits per heavy atom. The Balaban J connectivity index is 2.05. The Morgan fingerprint density at radius 1 is 1.11 bits per heavy atom. The summed E-state index contributed by atoms with van der Waals surface area (Å²) in [7, 11) is 0. The lowest BCUT2D eigenvalue weighted by molar-refractivity contribution is 0.231. The minimum absolute atomic E-state index is 0.604. The van der Waals surface area contributed by atoms with Crippen LogP contribution in [0.25, 0.3) is 0 Å². The van der Waals surface area contributed by atoms with Crippen LogP contribution in [-0.2, 0) is 0 Å². The van der Waals surface area contributed by atoms with E-state index in [0.29, 0.717) is 5.82 Å². The second-order valence-corrected chi connectivity index (χ2v) is 5.79. The number of hydrogen-bond acceptors (Lipinski definition) is 5. The lowest BCUT2D eigenvalue weighted by Crippen LogP contribution is -2.48. The number of rotatable bonds is 3. The van der Waals surface area contributed by atoms with Crippen LogP contribution in [0.2, 0.25) is 0 Å². The van der Waals surface area contributed by atoms with Crippen LogP contribution >= 0.6 is 0 Å². The Kier molecular flexibility index (Phi) is 4.24. The van der Waals surface area contributed by atoms with E-state index in [-0.39, 0.29) is 0 Å². The predicted molar refractivity (Wildman–Crippen MR) is 79.4 cm³/mol. The molecule has 0 radical (unpaired) electrons. The molecule has 1 aliphatic heterocycles. The van der Waals surface area contributed by atoms with Gasteiger partial charge >= 0.3 is 0 Å². The molecule has 1 saturated heterocycles. The number of aryl methyl sites for hydroxylation is 1. The van der Waals surface area contributed by atoms with Gasteiger partial charge in [0.2, 0.25) is 0 Å². The highest BCUT2D eigenvalue weighted by Crippen LogP contribution is 2.22. The van der Waals surface area contributed by atoms with Gasteiger partial charge in [-0.3, -0.25) is 4.90 Å². The molecule has 0 saturated carbocycles. The van der Waals surface area contributed by atoms with Crippen LogP contribution in [0.15, 0.2) is 0 Å². The first-order chi connectivity index (χ1) is 8.97. The number of nitrogens with zero attached hydrogens (tertiary/aromatic N) is 4. The largest absolute Gasteiger partial charge is 0.383 e. The van der Waals surface area contributed by atoms with E-state index in [1.165, 1.54) is 6.54 Å². The van der Waals surface area contributed by atoms with Gasteiger partial charge in [0.1, 0.15) is 17.5 Å². The molecule has 2 heterocycles. The van der Waals surface area contributed by atoms with Crippen molar-refractivity contribution in [3.63, 3.8) is 0 Å². The second kappa shape index (κ2) is 5.74. The van der Waals surface area contributed by atoms with Crippen LogP contribution < -0.4 is 10.6 Å². The van der Waals surface area contributed by atoms with Gasteiger partial charge in [-0.25, -0.2) is 9.97 Å². The van der Waals surface area contributed by atoms with Gasteiger partial charge in [-0.2, -0.15) is 0 Å². The van der Waals surface area contributed by atoms with Crippen molar-refractivity contribution in [2.75, 3.05) is 43.4 Å². The van der Waals surface area contributed by atoms with Crippen molar-refractivity contribution in [3.8, 4) is 0 Å². The van der Waals surface area contributed by atoms with Gasteiger partial charge in [0, 0.05) is 38.3 Å². The summed E-state index contributed by atoms with van der Waals surface area (Å²) in [5, 5.41) is 0. The maximum Gasteiger partial charge on any atom is 0.137 e. The van der Waals surface area contributed by atoms with Crippen molar-refractivity contribution in [1.29, 1.82) is 0 Å². The van der Waals surface area contributed by atoms with E-state index in [1.807, 2.05) is 13.8 Å². The van der Waals surface area contributed by atoms with E-state index in [2.05, 4.69) is 33.6 Å². The normalized spacial score (nSPS) is 17.2. The zero-order valence-electron chi connectivity index (χ0n) is 12.5. The molecular weight excluding hydrogens is 238 g/mol. The number of nitrogens with two attached hydrogens (primary N) is 1. The van der Waals surface area contributed by atoms with Crippen LogP contribution in [0.4, 0.5) is 11.6 Å². The van der Waals surface area contributed by atoms with Crippen LogP contribution in [0.3, 0.4) is 0 Å². The van der Waals surface area contributed by atoms with Crippen LogP contribution in [0, 0.1) is 19.8 Å². The second-order valence-electron chi connectivity index (χ2n) is 5.79. The number of aromatic nitrogens is 2. The van der Waals surface area contributed by atoms with E-state index in [4.69, 9.17) is 5.73 Å². The molecule has 0 aliphatic carbocycles. The molecule has 5 nitrogen and oxygen atoms in total. The van der Waals surface area contributed by atoms with E-state index in [9.17, 15) is 0 Å². The van der Waals surface area contributed by atoms with Gasteiger partial charge in [0.25, 0.3) is 0 Å². The topological polar surface area (TPSA) is 58.3 Å². The highest BCUT2D eigenvalue weighted by Gasteiger charge is 2.21. The third-order valence-corrected chi connectivity index (χ3v) is 3.56. The van der Waals surface area contributed by atoms with Crippen molar-refractivity contribution in [2.24, 2.45) is 5.92 Å². The molecular formula is C14H25N5. The molecule has 0 unspecified atom stereocenters. The molecule has 2 N–H and O–H groups in total. The zero-order chi connectivity index (χ0) is 14.0. The molecule has 2 rings (SSSR count). The van der Waals surface area contributed by atoms with E-state index >= 15 is 0 Å². The maximum atomic E-state index is 5.93. The lowest BCUT2D eigenvalue weighted by Gasteiger charge is -2.36. The van der Waals surface area contributed by atoms with Crippen molar-refractivity contribution in [2.45, 2.75) is 27.7 Å². The third kappa shape index (κ3) is 3.35. The van der Waals surface area contributed by atoms with Gasteiger partial charge in [-0.1, -0.05) is 13.8 Å². The monoisotopic (exact) mass is 263 g/mol. The Labute approximate surface area is 115 Å². The highest BCUT2D eigenvalue weighted by molar-refractivity contribution is 5.56. The van der Waals surface area contributed by atoms with Crippen LogP contribution in [-0.4, -0.2) is 47.6 Å². The highest BCUT2D eigenvalue weighted by atomic mass is 15.3. The summed E-state index contributed by atoms with van der Waals surface area (Å²) >= 11 is 0. The standard InChI is InChI=1S/C14H25N5/c1-10(2)9-18-5-7-19(8-6-18)14-11(3)13(15)16-12(4)17-14/h10H,5-9H2,1-4H3,(H2,15,16,17). The van der Waals surface area contributed by atoms with Gasteiger partial charge in [0.05, 0.1) is 0 Å². The summed E-state index contributed by atoms with van der Waals surface area (Å²) in [4.78, 5) is 13.6. The van der Waals surface area contributed by atoms with Gasteiger partial charge in [-0.05, 0) is 19.8 Å². The van der Waals surface area contributed by atoms with E-state index in [0.717, 1.165) is 49.3 Å². The van der Waals surface area contributed by atoms with E-state index < -0.39 is 0 Å².